The van der Waals surface area contributed by atoms with Gasteiger partial charge in [0.1, 0.15) is 0 Å². The van der Waals surface area contributed by atoms with E-state index in [-0.39, 0.29) is 16.5 Å². The van der Waals surface area contributed by atoms with Crippen molar-refractivity contribution in [3.05, 3.63) is 58.1 Å². The van der Waals surface area contributed by atoms with Gasteiger partial charge in [0.15, 0.2) is 0 Å². The summed E-state index contributed by atoms with van der Waals surface area (Å²) >= 11 is 6.22. The highest BCUT2D eigenvalue weighted by Gasteiger charge is 2.19. The topological polar surface area (TPSA) is 75.3 Å². The first-order valence-electron chi connectivity index (χ1n) is 8.34. The van der Waals surface area contributed by atoms with Gasteiger partial charge in [0.25, 0.3) is 5.91 Å². The fourth-order valence-corrected chi connectivity index (χ4v) is 4.22. The van der Waals surface area contributed by atoms with Crippen LogP contribution in [0, 0.1) is 13.8 Å². The highest BCUT2D eigenvalue weighted by molar-refractivity contribution is 7.89. The van der Waals surface area contributed by atoms with E-state index in [4.69, 9.17) is 11.6 Å². The van der Waals surface area contributed by atoms with E-state index in [0.29, 0.717) is 17.1 Å². The summed E-state index contributed by atoms with van der Waals surface area (Å²) in [7, 11) is -3.68. The van der Waals surface area contributed by atoms with Gasteiger partial charge < -0.3 is 5.32 Å². The van der Waals surface area contributed by atoms with Gasteiger partial charge in [-0.1, -0.05) is 30.7 Å². The van der Waals surface area contributed by atoms with Gasteiger partial charge in [0.05, 0.1) is 15.6 Å². The minimum atomic E-state index is -3.68. The van der Waals surface area contributed by atoms with Crippen molar-refractivity contribution in [3.8, 4) is 0 Å². The number of aryl methyl sites for hydroxylation is 2. The summed E-state index contributed by atoms with van der Waals surface area (Å²) in [5.41, 5.74) is 2.60. The Balaban J connectivity index is 2.29. The molecule has 0 aromatic heterocycles. The molecule has 0 aliphatic carbocycles. The lowest BCUT2D eigenvalue weighted by atomic mass is 10.1. The number of hydrogen-bond acceptors (Lipinski definition) is 3. The molecular weight excluding hydrogens is 372 g/mol. The molecule has 0 aliphatic heterocycles. The van der Waals surface area contributed by atoms with E-state index in [1.165, 1.54) is 12.1 Å². The van der Waals surface area contributed by atoms with Crippen LogP contribution >= 0.6 is 11.6 Å². The van der Waals surface area contributed by atoms with E-state index < -0.39 is 15.9 Å². The second kappa shape index (κ2) is 8.20. The van der Waals surface area contributed by atoms with Gasteiger partial charge in [-0.15, -0.1) is 0 Å². The van der Waals surface area contributed by atoms with Gasteiger partial charge in [-0.25, -0.2) is 13.1 Å². The molecule has 5 nitrogen and oxygen atoms in total. The molecule has 0 aliphatic rings. The fraction of sp³-hybridized carbons (Fsp3) is 0.316. The quantitative estimate of drug-likeness (QED) is 0.767. The Bertz CT molecular complexity index is 903. The summed E-state index contributed by atoms with van der Waals surface area (Å²) in [5, 5.41) is 3.21. The van der Waals surface area contributed by atoms with Crippen molar-refractivity contribution < 1.29 is 13.2 Å². The van der Waals surface area contributed by atoms with E-state index in [9.17, 15) is 13.2 Å². The lowest BCUT2D eigenvalue weighted by Gasteiger charge is -2.14. The zero-order valence-electron chi connectivity index (χ0n) is 15.3. The summed E-state index contributed by atoms with van der Waals surface area (Å²) in [6, 6.07) is 9.42. The smallest absolute Gasteiger partial charge is 0.255 e. The Morgan fingerprint density at radius 2 is 1.88 bits per heavy atom. The second-order valence-corrected chi connectivity index (χ2v) is 8.47. The molecule has 2 N–H and O–H groups in total. The van der Waals surface area contributed by atoms with E-state index in [1.54, 1.807) is 25.1 Å². The average molecular weight is 395 g/mol. The Labute approximate surface area is 159 Å². The van der Waals surface area contributed by atoms with Gasteiger partial charge in [-0.05, 0) is 62.6 Å². The van der Waals surface area contributed by atoms with Gasteiger partial charge >= 0.3 is 0 Å². The molecule has 140 valence electrons. The third-order valence-corrected chi connectivity index (χ3v) is 5.93. The third kappa shape index (κ3) is 4.84. The number of nitrogens with one attached hydrogen (secondary N) is 2. The summed E-state index contributed by atoms with van der Waals surface area (Å²) in [6.45, 7) is 7.45. The van der Waals surface area contributed by atoms with Gasteiger partial charge in [0.2, 0.25) is 10.0 Å². The van der Waals surface area contributed by atoms with E-state index in [2.05, 4.69) is 10.0 Å². The van der Waals surface area contributed by atoms with Crippen LogP contribution in [-0.2, 0) is 10.0 Å². The Morgan fingerprint density at radius 3 is 2.50 bits per heavy atom. The molecule has 7 heteroatoms. The largest absolute Gasteiger partial charge is 0.320 e. The van der Waals surface area contributed by atoms with Crippen LogP contribution in [-0.4, -0.2) is 20.4 Å². The number of carbonyl (C=O) groups excluding carboxylic acids is 1. The summed E-state index contributed by atoms with van der Waals surface area (Å²) in [6.07, 6.45) is 0.671. The van der Waals surface area contributed by atoms with Crippen LogP contribution in [0.25, 0.3) is 0 Å². The summed E-state index contributed by atoms with van der Waals surface area (Å²) in [4.78, 5) is 12.6. The van der Waals surface area contributed by atoms with E-state index in [0.717, 1.165) is 11.1 Å². The standard InChI is InChI=1S/C19H23ClN2O3S/c1-5-14(4)22-26(24,25)16-8-6-7-15(11-16)19(23)21-18-13(3)9-12(2)10-17(18)20/h6-11,14,22H,5H2,1-4H3,(H,21,23). The number of rotatable bonds is 6. The molecule has 2 aromatic rings. The molecule has 1 atom stereocenters. The van der Waals surface area contributed by atoms with Crippen molar-refractivity contribution in [2.24, 2.45) is 0 Å². The molecule has 0 saturated heterocycles. The number of sulfonamides is 1. The molecule has 26 heavy (non-hydrogen) atoms. The first kappa shape index (κ1) is 20.4. The van der Waals surface area contributed by atoms with Gasteiger partial charge in [-0.2, -0.15) is 0 Å². The molecule has 0 bridgehead atoms. The van der Waals surface area contributed by atoms with Crippen LogP contribution in [0.4, 0.5) is 5.69 Å². The van der Waals surface area contributed by atoms with Crippen LogP contribution in [0.2, 0.25) is 5.02 Å². The molecule has 1 unspecified atom stereocenters. The lowest BCUT2D eigenvalue weighted by molar-refractivity contribution is 0.102. The number of carbonyl (C=O) groups is 1. The molecule has 0 fully saturated rings. The van der Waals surface area contributed by atoms with Crippen molar-refractivity contribution in [1.29, 1.82) is 0 Å². The minimum Gasteiger partial charge on any atom is -0.320 e. The van der Waals surface area contributed by atoms with Crippen molar-refractivity contribution in [2.45, 2.75) is 45.1 Å². The fourth-order valence-electron chi connectivity index (χ4n) is 2.48. The minimum absolute atomic E-state index is 0.0529. The highest BCUT2D eigenvalue weighted by atomic mass is 35.5. The van der Waals surface area contributed by atoms with E-state index >= 15 is 0 Å². The molecule has 0 heterocycles. The maximum atomic E-state index is 12.6. The molecule has 2 aromatic carbocycles. The first-order valence-corrected chi connectivity index (χ1v) is 10.2. The molecule has 0 saturated carbocycles. The first-order chi connectivity index (χ1) is 12.1. The van der Waals surface area contributed by atoms with Gasteiger partial charge in [-0.3, -0.25) is 4.79 Å². The van der Waals surface area contributed by atoms with Crippen LogP contribution in [0.15, 0.2) is 41.3 Å². The number of amides is 1. The van der Waals surface area contributed by atoms with Crippen molar-refractivity contribution in [2.75, 3.05) is 5.32 Å². The SMILES string of the molecule is CCC(C)NS(=O)(=O)c1cccc(C(=O)Nc2c(C)cc(C)cc2Cl)c1. The zero-order chi connectivity index (χ0) is 19.5. The molecular formula is C19H23ClN2O3S. The Morgan fingerprint density at radius 1 is 1.19 bits per heavy atom. The predicted molar refractivity (Wildman–Crippen MR) is 105 cm³/mol. The molecule has 0 radical (unpaired) electrons. The van der Waals surface area contributed by atoms with Crippen molar-refractivity contribution in [1.82, 2.24) is 4.72 Å². The predicted octanol–water partition coefficient (Wildman–Crippen LogP) is 4.29. The highest BCUT2D eigenvalue weighted by Crippen LogP contribution is 2.28. The number of halogens is 1. The van der Waals surface area contributed by atoms with Crippen LogP contribution in [0.3, 0.4) is 0 Å². The Hall–Kier alpha value is -1.89. The summed E-state index contributed by atoms with van der Waals surface area (Å²) < 4.78 is 27.4. The van der Waals surface area contributed by atoms with Crippen LogP contribution in [0.5, 0.6) is 0 Å². The van der Waals surface area contributed by atoms with Crippen LogP contribution in [0.1, 0.15) is 41.8 Å². The molecule has 2 rings (SSSR count). The van der Waals surface area contributed by atoms with Crippen molar-refractivity contribution >= 4 is 33.2 Å². The monoisotopic (exact) mass is 394 g/mol. The summed E-state index contributed by atoms with van der Waals surface area (Å²) in [5.74, 6) is -0.417. The molecule has 0 spiro atoms. The number of hydrogen-bond donors (Lipinski definition) is 2. The number of anilines is 1. The second-order valence-electron chi connectivity index (χ2n) is 6.35. The average Bonchev–Trinajstić information content (AvgIpc) is 2.57. The lowest BCUT2D eigenvalue weighted by Crippen LogP contribution is -2.32. The maximum absolute atomic E-state index is 12.6. The van der Waals surface area contributed by atoms with Crippen molar-refractivity contribution in [3.63, 3.8) is 0 Å². The van der Waals surface area contributed by atoms with Gasteiger partial charge in [0, 0.05) is 11.6 Å². The molecule has 1 amide bonds. The third-order valence-electron chi connectivity index (χ3n) is 4.05. The van der Waals surface area contributed by atoms with Crippen LogP contribution < -0.4 is 10.0 Å². The maximum Gasteiger partial charge on any atom is 0.255 e. The Kier molecular flexibility index (Phi) is 6.44. The normalized spacial score (nSPS) is 12.7. The zero-order valence-corrected chi connectivity index (χ0v) is 16.8. The number of benzene rings is 2. The van der Waals surface area contributed by atoms with E-state index in [1.807, 2.05) is 26.8 Å².